The zero-order chi connectivity index (χ0) is 11.7. The number of hydrogen-bond acceptors (Lipinski definition) is 5. The van der Waals surface area contributed by atoms with Gasteiger partial charge in [-0.1, -0.05) is 0 Å². The highest BCUT2D eigenvalue weighted by atomic mass is 15.3. The van der Waals surface area contributed by atoms with E-state index in [1.807, 2.05) is 23.7 Å². The number of rotatable bonds is 1. The van der Waals surface area contributed by atoms with Crippen LogP contribution in [0.25, 0.3) is 5.65 Å². The van der Waals surface area contributed by atoms with Crippen LogP contribution in [0.15, 0.2) is 12.4 Å². The normalized spacial score (nSPS) is 17.4. The summed E-state index contributed by atoms with van der Waals surface area (Å²) < 4.78 is 1.99. The van der Waals surface area contributed by atoms with E-state index in [0.29, 0.717) is 0 Å². The Kier molecular flexibility index (Phi) is 2.64. The summed E-state index contributed by atoms with van der Waals surface area (Å²) in [5, 5.41) is 11.7. The van der Waals surface area contributed by atoms with Crippen LogP contribution in [0.1, 0.15) is 12.2 Å². The third kappa shape index (κ3) is 1.84. The van der Waals surface area contributed by atoms with Gasteiger partial charge in [-0.05, 0) is 19.9 Å². The van der Waals surface area contributed by atoms with E-state index < -0.39 is 0 Å². The predicted molar refractivity (Wildman–Crippen MR) is 65.2 cm³/mol. The quantitative estimate of drug-likeness (QED) is 0.763. The van der Waals surface area contributed by atoms with Crippen molar-refractivity contribution in [1.82, 2.24) is 24.9 Å². The van der Waals surface area contributed by atoms with E-state index in [1.54, 1.807) is 0 Å². The van der Waals surface area contributed by atoms with Crippen molar-refractivity contribution < 1.29 is 0 Å². The highest BCUT2D eigenvalue weighted by Crippen LogP contribution is 2.17. The molecule has 0 aliphatic carbocycles. The Bertz CT molecular complexity index is 512. The van der Waals surface area contributed by atoms with Crippen molar-refractivity contribution in [2.45, 2.75) is 13.3 Å². The van der Waals surface area contributed by atoms with Gasteiger partial charge in [-0.25, -0.2) is 4.98 Å². The number of aromatic nitrogens is 4. The lowest BCUT2D eigenvalue weighted by Crippen LogP contribution is -2.29. The van der Waals surface area contributed by atoms with Crippen LogP contribution < -0.4 is 10.2 Å². The maximum absolute atomic E-state index is 4.46. The van der Waals surface area contributed by atoms with Crippen LogP contribution >= 0.6 is 0 Å². The first-order valence-electron chi connectivity index (χ1n) is 5.98. The molecule has 17 heavy (non-hydrogen) atoms. The molecule has 0 unspecified atom stereocenters. The lowest BCUT2D eigenvalue weighted by atomic mass is 10.4. The van der Waals surface area contributed by atoms with Crippen LogP contribution in [-0.4, -0.2) is 45.8 Å². The van der Waals surface area contributed by atoms with Crippen molar-refractivity contribution in [3.8, 4) is 0 Å². The highest BCUT2D eigenvalue weighted by molar-refractivity contribution is 5.63. The molecule has 1 aliphatic heterocycles. The topological polar surface area (TPSA) is 58.4 Å². The largest absolute Gasteiger partial charge is 0.352 e. The Morgan fingerprint density at radius 3 is 3.12 bits per heavy atom. The van der Waals surface area contributed by atoms with Gasteiger partial charge in [-0.15, -0.1) is 10.2 Å². The molecule has 0 atom stereocenters. The van der Waals surface area contributed by atoms with E-state index in [1.165, 1.54) is 0 Å². The number of hydrogen-bond donors (Lipinski definition) is 1. The molecule has 1 fully saturated rings. The Labute approximate surface area is 99.7 Å². The molecule has 0 radical (unpaired) electrons. The van der Waals surface area contributed by atoms with Gasteiger partial charge in [-0.2, -0.15) is 0 Å². The minimum absolute atomic E-state index is 0.854. The van der Waals surface area contributed by atoms with Crippen molar-refractivity contribution in [1.29, 1.82) is 0 Å². The third-order valence-corrected chi connectivity index (χ3v) is 3.12. The molecule has 0 aromatic carbocycles. The minimum atomic E-state index is 0.854. The summed E-state index contributed by atoms with van der Waals surface area (Å²) in [7, 11) is 0. The van der Waals surface area contributed by atoms with E-state index in [0.717, 1.165) is 49.9 Å². The average Bonchev–Trinajstić information content (AvgIpc) is 2.59. The second-order valence-electron chi connectivity index (χ2n) is 4.28. The van der Waals surface area contributed by atoms with Crippen molar-refractivity contribution in [3.05, 3.63) is 18.2 Å². The molecule has 6 heteroatoms. The van der Waals surface area contributed by atoms with E-state index in [2.05, 4.69) is 25.4 Å². The smallest absolute Gasteiger partial charge is 0.203 e. The SMILES string of the molecule is Cc1nnc2c(N3CCCNCC3)nccn12. The van der Waals surface area contributed by atoms with Gasteiger partial charge in [0.05, 0.1) is 0 Å². The fourth-order valence-corrected chi connectivity index (χ4v) is 2.21. The lowest BCUT2D eigenvalue weighted by molar-refractivity contribution is 0.724. The Hall–Kier alpha value is -1.69. The van der Waals surface area contributed by atoms with E-state index in [9.17, 15) is 0 Å². The van der Waals surface area contributed by atoms with Crippen molar-refractivity contribution in [2.75, 3.05) is 31.1 Å². The van der Waals surface area contributed by atoms with Crippen molar-refractivity contribution >= 4 is 11.5 Å². The first kappa shape index (κ1) is 10.5. The summed E-state index contributed by atoms with van der Waals surface area (Å²) in [5.41, 5.74) is 0.854. The number of anilines is 1. The summed E-state index contributed by atoms with van der Waals surface area (Å²) in [4.78, 5) is 6.74. The van der Waals surface area contributed by atoms with Crippen LogP contribution in [0.2, 0.25) is 0 Å². The predicted octanol–water partition coefficient (Wildman–Crippen LogP) is 0.232. The third-order valence-electron chi connectivity index (χ3n) is 3.12. The lowest BCUT2D eigenvalue weighted by Gasteiger charge is -2.20. The summed E-state index contributed by atoms with van der Waals surface area (Å²) >= 11 is 0. The standard InChI is InChI=1S/C11H16N6/c1-9-14-15-11-10(13-5-8-17(9)11)16-6-2-3-12-4-7-16/h5,8,12H,2-4,6-7H2,1H3. The van der Waals surface area contributed by atoms with Crippen molar-refractivity contribution in [2.24, 2.45) is 0 Å². The zero-order valence-electron chi connectivity index (χ0n) is 9.93. The second-order valence-corrected chi connectivity index (χ2v) is 4.28. The second kappa shape index (κ2) is 4.29. The molecule has 0 saturated carbocycles. The number of nitrogens with zero attached hydrogens (tertiary/aromatic N) is 5. The molecule has 0 bridgehead atoms. The van der Waals surface area contributed by atoms with Gasteiger partial charge in [0.15, 0.2) is 5.82 Å². The van der Waals surface area contributed by atoms with Gasteiger partial charge < -0.3 is 10.2 Å². The Morgan fingerprint density at radius 2 is 2.18 bits per heavy atom. The number of fused-ring (bicyclic) bond motifs is 1. The molecule has 6 nitrogen and oxygen atoms in total. The maximum atomic E-state index is 4.46. The van der Waals surface area contributed by atoms with E-state index in [4.69, 9.17) is 0 Å². The molecule has 3 rings (SSSR count). The van der Waals surface area contributed by atoms with E-state index >= 15 is 0 Å². The Balaban J connectivity index is 2.03. The van der Waals surface area contributed by atoms with Gasteiger partial charge in [0.1, 0.15) is 5.82 Å². The van der Waals surface area contributed by atoms with Crippen molar-refractivity contribution in [3.63, 3.8) is 0 Å². The zero-order valence-corrected chi connectivity index (χ0v) is 9.93. The molecule has 2 aromatic heterocycles. The molecular formula is C11H16N6. The van der Waals surface area contributed by atoms with Gasteiger partial charge in [0.25, 0.3) is 0 Å². The van der Waals surface area contributed by atoms with Crippen LogP contribution in [-0.2, 0) is 0 Å². The first-order chi connectivity index (χ1) is 8.36. The van der Waals surface area contributed by atoms with Gasteiger partial charge >= 0.3 is 0 Å². The monoisotopic (exact) mass is 232 g/mol. The molecule has 3 heterocycles. The fourth-order valence-electron chi connectivity index (χ4n) is 2.21. The van der Waals surface area contributed by atoms with Gasteiger partial charge in [0, 0.05) is 32.0 Å². The first-order valence-corrected chi connectivity index (χ1v) is 5.98. The highest BCUT2D eigenvalue weighted by Gasteiger charge is 2.15. The molecule has 90 valence electrons. The van der Waals surface area contributed by atoms with Crippen LogP contribution in [0, 0.1) is 6.92 Å². The molecule has 1 N–H and O–H groups in total. The van der Waals surface area contributed by atoms with Crippen LogP contribution in [0.3, 0.4) is 0 Å². The molecule has 0 spiro atoms. The molecule has 1 saturated heterocycles. The molecular weight excluding hydrogens is 216 g/mol. The van der Waals surface area contributed by atoms with Crippen LogP contribution in [0.4, 0.5) is 5.82 Å². The number of nitrogens with one attached hydrogen (secondary N) is 1. The summed E-state index contributed by atoms with van der Waals surface area (Å²) in [5.74, 6) is 1.84. The van der Waals surface area contributed by atoms with Gasteiger partial charge in [-0.3, -0.25) is 4.40 Å². The molecule has 1 aliphatic rings. The molecule has 0 amide bonds. The minimum Gasteiger partial charge on any atom is -0.352 e. The summed E-state index contributed by atoms with van der Waals surface area (Å²) in [6, 6.07) is 0. The molecule has 2 aromatic rings. The van der Waals surface area contributed by atoms with Crippen LogP contribution in [0.5, 0.6) is 0 Å². The number of aryl methyl sites for hydroxylation is 1. The van der Waals surface area contributed by atoms with E-state index in [-0.39, 0.29) is 0 Å². The average molecular weight is 232 g/mol. The summed E-state index contributed by atoms with van der Waals surface area (Å²) in [6.45, 7) is 6.01. The summed E-state index contributed by atoms with van der Waals surface area (Å²) in [6.07, 6.45) is 4.86. The Morgan fingerprint density at radius 1 is 1.24 bits per heavy atom. The maximum Gasteiger partial charge on any atom is 0.203 e. The fraction of sp³-hybridized carbons (Fsp3) is 0.545. The van der Waals surface area contributed by atoms with Gasteiger partial charge in [0.2, 0.25) is 5.65 Å².